The van der Waals surface area contributed by atoms with Gasteiger partial charge in [-0.2, -0.15) is 30.0 Å². The van der Waals surface area contributed by atoms with Crippen LogP contribution < -0.4 is 4.72 Å². The van der Waals surface area contributed by atoms with Crippen LogP contribution in [-0.2, 0) is 58.5 Å². The van der Waals surface area contributed by atoms with Crippen molar-refractivity contribution in [2.75, 3.05) is 13.2 Å². The van der Waals surface area contributed by atoms with E-state index in [0.717, 1.165) is 0 Å². The molecule has 22 heteroatoms. The molecule has 2 fully saturated rings. The van der Waals surface area contributed by atoms with Crippen LogP contribution in [0.3, 0.4) is 0 Å². The summed E-state index contributed by atoms with van der Waals surface area (Å²) in [6.45, 7) is -1.79. The minimum Gasteiger partial charge on any atom is -0.479 e. The van der Waals surface area contributed by atoms with Crippen molar-refractivity contribution in [3.05, 3.63) is 0 Å². The van der Waals surface area contributed by atoms with E-state index >= 15 is 0 Å². The topological polar surface area (TPSA) is 299 Å². The summed E-state index contributed by atoms with van der Waals surface area (Å²) in [5, 5.41) is 30.0. The Morgan fingerprint density at radius 2 is 1.65 bits per heavy atom. The van der Waals surface area contributed by atoms with Crippen molar-refractivity contribution in [1.29, 1.82) is 0 Å². The minimum absolute atomic E-state index is 0.552. The Balaban J connectivity index is 2.33. The van der Waals surface area contributed by atoms with Crippen LogP contribution in [0.15, 0.2) is 0 Å². The van der Waals surface area contributed by atoms with Gasteiger partial charge in [-0.25, -0.2) is 13.2 Å². The van der Waals surface area contributed by atoms with Gasteiger partial charge in [-0.05, 0) is 0 Å². The fourth-order valence-electron chi connectivity index (χ4n) is 3.16. The van der Waals surface area contributed by atoms with E-state index in [1.165, 1.54) is 4.72 Å². The number of carbonyl (C=O) groups is 1. The van der Waals surface area contributed by atoms with Crippen molar-refractivity contribution in [3.8, 4) is 0 Å². The van der Waals surface area contributed by atoms with Gasteiger partial charge < -0.3 is 29.5 Å². The van der Waals surface area contributed by atoms with Gasteiger partial charge in [-0.15, -0.1) is 0 Å². The summed E-state index contributed by atoms with van der Waals surface area (Å²) in [5.74, 6) is -1.75. The normalized spacial score (nSPS) is 35.7. The number of rotatable bonds is 10. The third-order valence-corrected chi connectivity index (χ3v) is 5.96. The molecule has 0 radical (unpaired) electrons. The van der Waals surface area contributed by atoms with E-state index in [2.05, 4.69) is 8.37 Å². The van der Waals surface area contributed by atoms with Crippen LogP contribution in [0.5, 0.6) is 0 Å². The highest BCUT2D eigenvalue weighted by molar-refractivity contribution is 7.83. The van der Waals surface area contributed by atoms with Crippen LogP contribution >= 0.6 is 0 Å². The predicted octanol–water partition coefficient (Wildman–Crippen LogP) is -4.54. The molecule has 0 aromatic heterocycles. The van der Waals surface area contributed by atoms with Gasteiger partial charge in [0.05, 0.1) is 25.4 Å². The summed E-state index contributed by atoms with van der Waals surface area (Å²) >= 11 is 0. The molecule has 0 amide bonds. The summed E-state index contributed by atoms with van der Waals surface area (Å²) in [4.78, 5) is 11.5. The van der Waals surface area contributed by atoms with Crippen LogP contribution in [0.1, 0.15) is 6.42 Å². The van der Waals surface area contributed by atoms with Gasteiger partial charge in [-0.3, -0.25) is 13.7 Å². The monoisotopic (exact) mass is 563 g/mol. The molecule has 2 aliphatic rings. The Morgan fingerprint density at radius 3 is 2.15 bits per heavy atom. The van der Waals surface area contributed by atoms with Crippen molar-refractivity contribution in [1.82, 2.24) is 4.72 Å². The SMILES string of the molecule is O=C(O)C1OCC(OS(=O)(=O)O)[C@H](O)[C@@H]1O[C@H]1OC(COS(=O)(=O)O)C[C@@H](O)C1NS(=O)(=O)O. The van der Waals surface area contributed by atoms with Gasteiger partial charge in [0.2, 0.25) is 0 Å². The van der Waals surface area contributed by atoms with Crippen LogP contribution in [0, 0.1) is 0 Å². The zero-order valence-electron chi connectivity index (χ0n) is 16.5. The average molecular weight is 563 g/mol. The highest BCUT2D eigenvalue weighted by atomic mass is 32.3. The molecule has 2 saturated heterocycles. The van der Waals surface area contributed by atoms with Crippen molar-refractivity contribution >= 4 is 37.1 Å². The van der Waals surface area contributed by atoms with E-state index in [1.54, 1.807) is 0 Å². The first-order valence-corrected chi connectivity index (χ1v) is 13.1. The van der Waals surface area contributed by atoms with E-state index in [0.29, 0.717) is 0 Å². The number of aliphatic hydroxyl groups excluding tert-OH is 2. The Bertz CT molecular complexity index is 1040. The minimum atomic E-state index is -5.16. The molecular formula is C12H21NO18S3. The van der Waals surface area contributed by atoms with E-state index in [4.69, 9.17) is 27.9 Å². The maximum Gasteiger partial charge on any atom is 0.397 e. The number of nitrogens with one attached hydrogen (secondary N) is 1. The summed E-state index contributed by atoms with van der Waals surface area (Å²) in [6.07, 6.45) is -14.1. The summed E-state index contributed by atoms with van der Waals surface area (Å²) in [6, 6.07) is -1.89. The van der Waals surface area contributed by atoms with Crippen molar-refractivity contribution in [2.24, 2.45) is 0 Å². The molecule has 0 bridgehead atoms. The molecule has 34 heavy (non-hydrogen) atoms. The second kappa shape index (κ2) is 10.9. The molecule has 0 aromatic carbocycles. The average Bonchev–Trinajstić information content (AvgIpc) is 2.63. The fourth-order valence-corrected chi connectivity index (χ4v) is 4.58. The number of carboxylic acid groups (broad SMARTS) is 1. The first-order valence-electron chi connectivity index (χ1n) is 8.90. The van der Waals surface area contributed by atoms with Crippen molar-refractivity contribution in [3.63, 3.8) is 0 Å². The van der Waals surface area contributed by atoms with Gasteiger partial charge in [0.15, 0.2) is 12.4 Å². The van der Waals surface area contributed by atoms with Crippen molar-refractivity contribution in [2.45, 2.75) is 55.4 Å². The molecule has 2 heterocycles. The molecule has 7 N–H and O–H groups in total. The lowest BCUT2D eigenvalue weighted by Crippen LogP contribution is -2.63. The van der Waals surface area contributed by atoms with Gasteiger partial charge >= 0.3 is 37.1 Å². The Kier molecular flexibility index (Phi) is 9.31. The van der Waals surface area contributed by atoms with Gasteiger partial charge in [0, 0.05) is 6.42 Å². The molecular weight excluding hydrogens is 542 g/mol. The zero-order valence-corrected chi connectivity index (χ0v) is 19.0. The maximum absolute atomic E-state index is 11.5. The molecule has 2 rings (SSSR count). The van der Waals surface area contributed by atoms with Gasteiger partial charge in [0.1, 0.15) is 24.4 Å². The maximum atomic E-state index is 11.5. The quantitative estimate of drug-likeness (QED) is 0.123. The van der Waals surface area contributed by atoms with Crippen molar-refractivity contribution < 1.29 is 81.6 Å². The lowest BCUT2D eigenvalue weighted by molar-refractivity contribution is -0.291. The number of hydrogen-bond acceptors (Lipinski definition) is 14. The highest BCUT2D eigenvalue weighted by Crippen LogP contribution is 2.29. The second-order valence-corrected chi connectivity index (χ2v) is 10.3. The number of carboxylic acids is 1. The largest absolute Gasteiger partial charge is 0.479 e. The number of hydrogen-bond donors (Lipinski definition) is 7. The van der Waals surface area contributed by atoms with Crippen LogP contribution in [0.4, 0.5) is 0 Å². The molecule has 0 saturated carbocycles. The molecule has 8 atom stereocenters. The standard InChI is InChI=1S/C12H21NO18S3/c14-5-1-4(2-28-33(21,22)23)29-12(7(5)13-32(18,19)20)30-9-8(15)6(31-34(24,25)26)3-27-10(9)11(16)17/h4-10,12-15H,1-3H2,(H,16,17)(H,18,19,20)(H,21,22,23)(H,24,25,26)/t4?,5-,6?,7?,8+,9+,10?,12-/m1/s1. The second-order valence-electron chi connectivity index (χ2n) is 7.01. The predicted molar refractivity (Wildman–Crippen MR) is 99.9 cm³/mol. The summed E-state index contributed by atoms with van der Waals surface area (Å²) in [7, 11) is -15.2. The lowest BCUT2D eigenvalue weighted by Gasteiger charge is -2.43. The summed E-state index contributed by atoms with van der Waals surface area (Å²) < 4.78 is 118. The summed E-state index contributed by atoms with van der Waals surface area (Å²) in [5.41, 5.74) is 0. The fraction of sp³-hybridized carbons (Fsp3) is 0.917. The number of aliphatic hydroxyl groups is 2. The van der Waals surface area contributed by atoms with Gasteiger partial charge in [-0.1, -0.05) is 0 Å². The molecule has 19 nitrogen and oxygen atoms in total. The third kappa shape index (κ3) is 8.83. The van der Waals surface area contributed by atoms with Gasteiger partial charge in [0.25, 0.3) is 0 Å². The van der Waals surface area contributed by atoms with E-state index < -0.39 is 106 Å². The Labute approximate surface area is 192 Å². The first-order chi connectivity index (χ1) is 15.4. The molecule has 4 unspecified atom stereocenters. The Hall–Kier alpha value is -1.12. The smallest absolute Gasteiger partial charge is 0.397 e. The highest BCUT2D eigenvalue weighted by Gasteiger charge is 2.50. The third-order valence-electron chi connectivity index (χ3n) is 4.46. The molecule has 0 aliphatic carbocycles. The Morgan fingerprint density at radius 1 is 1.03 bits per heavy atom. The zero-order chi connectivity index (χ0) is 26.1. The van der Waals surface area contributed by atoms with Crippen LogP contribution in [0.2, 0.25) is 0 Å². The van der Waals surface area contributed by atoms with Crippen LogP contribution in [-0.4, -0.2) is 122 Å². The molecule has 0 aromatic rings. The number of aliphatic carboxylic acids is 1. The number of ether oxygens (including phenoxy) is 3. The van der Waals surface area contributed by atoms with E-state index in [9.17, 15) is 45.4 Å². The first kappa shape index (κ1) is 29.1. The molecule has 0 spiro atoms. The van der Waals surface area contributed by atoms with E-state index in [1.807, 2.05) is 0 Å². The molecule has 200 valence electrons. The molecule has 2 aliphatic heterocycles. The van der Waals surface area contributed by atoms with Crippen LogP contribution in [0.25, 0.3) is 0 Å². The van der Waals surface area contributed by atoms with E-state index in [-0.39, 0.29) is 0 Å². The lowest BCUT2D eigenvalue weighted by atomic mass is 9.98.